The normalized spacial score (nSPS) is 11.1. The Balaban J connectivity index is 0.00000180. The Morgan fingerprint density at radius 2 is 1.95 bits per heavy atom. The number of carboxylic acid groups (broad SMARTS) is 1. The van der Waals surface area contributed by atoms with E-state index < -0.39 is 12.0 Å². The third-order valence-electron chi connectivity index (χ3n) is 2.75. The van der Waals surface area contributed by atoms with Gasteiger partial charge in [0, 0.05) is 19.8 Å². The minimum Gasteiger partial charge on any atom is -0.480 e. The molecule has 0 radical (unpaired) electrons. The van der Waals surface area contributed by atoms with E-state index in [0.29, 0.717) is 12.2 Å². The number of aliphatic carboxylic acids is 1. The van der Waals surface area contributed by atoms with Crippen molar-refractivity contribution in [1.82, 2.24) is 15.1 Å². The summed E-state index contributed by atoms with van der Waals surface area (Å²) in [6.07, 6.45) is 1.59. The number of nitrogens with zero attached hydrogens (tertiary/aromatic N) is 2. The largest absolute Gasteiger partial charge is 0.480 e. The van der Waals surface area contributed by atoms with Crippen molar-refractivity contribution in [1.29, 1.82) is 0 Å². The Kier molecular flexibility index (Phi) is 7.91. The summed E-state index contributed by atoms with van der Waals surface area (Å²) in [5.74, 6) is -0.908. The molecule has 20 heavy (non-hydrogen) atoms. The number of hydrogen-bond donors (Lipinski definition) is 2. The van der Waals surface area contributed by atoms with Crippen LogP contribution in [0.3, 0.4) is 0 Å². The van der Waals surface area contributed by atoms with E-state index in [1.165, 1.54) is 0 Å². The van der Waals surface area contributed by atoms with Crippen molar-refractivity contribution in [2.24, 2.45) is 7.05 Å². The van der Waals surface area contributed by atoms with Crippen LogP contribution in [0, 0.1) is 0 Å². The van der Waals surface area contributed by atoms with Gasteiger partial charge in [0.2, 0.25) is 0 Å². The van der Waals surface area contributed by atoms with E-state index in [9.17, 15) is 9.90 Å². The summed E-state index contributed by atoms with van der Waals surface area (Å²) in [5.41, 5.74) is 1.68. The summed E-state index contributed by atoms with van der Waals surface area (Å²) in [6.45, 7) is 0.503. The van der Waals surface area contributed by atoms with Crippen molar-refractivity contribution < 1.29 is 9.90 Å². The summed E-state index contributed by atoms with van der Waals surface area (Å²) < 4.78 is 1.57. The van der Waals surface area contributed by atoms with Gasteiger partial charge in [0.05, 0.1) is 5.69 Å². The second kappa shape index (κ2) is 8.58. The van der Waals surface area contributed by atoms with E-state index in [-0.39, 0.29) is 24.8 Å². The van der Waals surface area contributed by atoms with Crippen LogP contribution in [0.2, 0.25) is 0 Å². The van der Waals surface area contributed by atoms with Crippen LogP contribution < -0.4 is 5.32 Å². The molecule has 1 unspecified atom stereocenters. The molecule has 2 rings (SSSR count). The van der Waals surface area contributed by atoms with Crippen LogP contribution in [0.25, 0.3) is 0 Å². The van der Waals surface area contributed by atoms with E-state index in [1.54, 1.807) is 24.0 Å². The molecule has 0 amide bonds. The first-order valence-corrected chi connectivity index (χ1v) is 5.66. The first kappa shape index (κ1) is 18.4. The van der Waals surface area contributed by atoms with Gasteiger partial charge in [-0.2, -0.15) is 5.10 Å². The van der Waals surface area contributed by atoms with Crippen molar-refractivity contribution in [2.45, 2.75) is 12.6 Å². The highest BCUT2D eigenvalue weighted by molar-refractivity contribution is 5.85. The number of benzene rings is 1. The molecular weight excluding hydrogens is 301 g/mol. The molecule has 1 aromatic carbocycles. The third-order valence-corrected chi connectivity index (χ3v) is 2.75. The fraction of sp³-hybridized carbons (Fsp3) is 0.231. The number of carboxylic acids is 1. The molecule has 0 aliphatic rings. The standard InChI is InChI=1S/C13H15N3O2.2ClH/c1-16-11(7-8-15-16)12(13(17)18)14-9-10-5-3-2-4-6-10;;/h2-8,12,14H,9H2,1H3,(H,17,18);2*1H. The minimum atomic E-state index is -0.908. The second-order valence-corrected chi connectivity index (χ2v) is 4.02. The third kappa shape index (κ3) is 4.52. The number of rotatable bonds is 5. The lowest BCUT2D eigenvalue weighted by Crippen LogP contribution is -2.29. The number of halogens is 2. The number of nitrogens with one attached hydrogen (secondary N) is 1. The Morgan fingerprint density at radius 1 is 1.30 bits per heavy atom. The lowest BCUT2D eigenvalue weighted by molar-refractivity contribution is -0.139. The first-order chi connectivity index (χ1) is 8.68. The predicted molar refractivity (Wildman–Crippen MR) is 81.4 cm³/mol. The van der Waals surface area contributed by atoms with Gasteiger partial charge in [-0.25, -0.2) is 0 Å². The fourth-order valence-corrected chi connectivity index (χ4v) is 1.80. The molecule has 1 atom stereocenters. The van der Waals surface area contributed by atoms with E-state index >= 15 is 0 Å². The molecule has 2 N–H and O–H groups in total. The van der Waals surface area contributed by atoms with E-state index in [1.807, 2.05) is 30.3 Å². The fourth-order valence-electron chi connectivity index (χ4n) is 1.80. The summed E-state index contributed by atoms with van der Waals surface area (Å²) in [4.78, 5) is 11.3. The first-order valence-electron chi connectivity index (χ1n) is 5.66. The van der Waals surface area contributed by atoms with Crippen molar-refractivity contribution in [3.8, 4) is 0 Å². The molecule has 0 saturated carbocycles. The van der Waals surface area contributed by atoms with Crippen LogP contribution in [0.1, 0.15) is 17.3 Å². The van der Waals surface area contributed by atoms with Crippen LogP contribution in [0.5, 0.6) is 0 Å². The number of hydrogen-bond acceptors (Lipinski definition) is 3. The predicted octanol–water partition coefficient (Wildman–Crippen LogP) is 2.18. The quantitative estimate of drug-likeness (QED) is 0.887. The molecule has 0 saturated heterocycles. The number of carbonyl (C=O) groups is 1. The van der Waals surface area contributed by atoms with E-state index in [2.05, 4.69) is 10.4 Å². The zero-order chi connectivity index (χ0) is 13.0. The van der Waals surface area contributed by atoms with Crippen molar-refractivity contribution >= 4 is 30.8 Å². The molecule has 1 aromatic heterocycles. The SMILES string of the molecule is Cl.Cl.Cn1nccc1C(NCc1ccccc1)C(=O)O. The topological polar surface area (TPSA) is 67.2 Å². The lowest BCUT2D eigenvalue weighted by atomic mass is 10.1. The van der Waals surface area contributed by atoms with Gasteiger partial charge in [0.1, 0.15) is 6.04 Å². The molecular formula is C13H17Cl2N3O2. The van der Waals surface area contributed by atoms with Crippen LogP contribution >= 0.6 is 24.8 Å². The van der Waals surface area contributed by atoms with Crippen LogP contribution in [-0.2, 0) is 18.4 Å². The van der Waals surface area contributed by atoms with Gasteiger partial charge in [-0.3, -0.25) is 14.8 Å². The summed E-state index contributed by atoms with van der Waals surface area (Å²) in [6, 6.07) is 10.6. The van der Waals surface area contributed by atoms with Gasteiger partial charge >= 0.3 is 5.97 Å². The Bertz CT molecular complexity index is 531. The van der Waals surface area contributed by atoms with Gasteiger partial charge in [0.15, 0.2) is 0 Å². The van der Waals surface area contributed by atoms with Crippen LogP contribution in [0.4, 0.5) is 0 Å². The van der Waals surface area contributed by atoms with Crippen molar-refractivity contribution in [3.63, 3.8) is 0 Å². The monoisotopic (exact) mass is 317 g/mol. The lowest BCUT2D eigenvalue weighted by Gasteiger charge is -2.14. The Morgan fingerprint density at radius 3 is 2.45 bits per heavy atom. The maximum Gasteiger partial charge on any atom is 0.326 e. The van der Waals surface area contributed by atoms with Crippen molar-refractivity contribution in [3.05, 3.63) is 53.9 Å². The van der Waals surface area contributed by atoms with Gasteiger partial charge < -0.3 is 5.11 Å². The minimum absolute atomic E-state index is 0. The average Bonchev–Trinajstić information content (AvgIpc) is 2.77. The Hall–Kier alpha value is -1.56. The van der Waals surface area contributed by atoms with Gasteiger partial charge in [0.25, 0.3) is 0 Å². The molecule has 2 aromatic rings. The van der Waals surface area contributed by atoms with Gasteiger partial charge in [-0.15, -0.1) is 24.8 Å². The summed E-state index contributed by atoms with van der Waals surface area (Å²) >= 11 is 0. The highest BCUT2D eigenvalue weighted by Crippen LogP contribution is 2.12. The molecule has 1 heterocycles. The second-order valence-electron chi connectivity index (χ2n) is 4.02. The highest BCUT2D eigenvalue weighted by atomic mass is 35.5. The van der Waals surface area contributed by atoms with E-state index in [4.69, 9.17) is 0 Å². The maximum absolute atomic E-state index is 11.3. The summed E-state index contributed by atoms with van der Waals surface area (Å²) in [7, 11) is 1.73. The number of aryl methyl sites for hydroxylation is 1. The molecule has 0 aliphatic carbocycles. The molecule has 0 bridgehead atoms. The van der Waals surface area contributed by atoms with Crippen LogP contribution in [-0.4, -0.2) is 20.9 Å². The number of aromatic nitrogens is 2. The smallest absolute Gasteiger partial charge is 0.326 e. The maximum atomic E-state index is 11.3. The van der Waals surface area contributed by atoms with Gasteiger partial charge in [-0.05, 0) is 11.6 Å². The highest BCUT2D eigenvalue weighted by Gasteiger charge is 2.21. The van der Waals surface area contributed by atoms with Crippen LogP contribution in [0.15, 0.2) is 42.6 Å². The van der Waals surface area contributed by atoms with Gasteiger partial charge in [-0.1, -0.05) is 30.3 Å². The average molecular weight is 318 g/mol. The molecule has 0 aliphatic heterocycles. The molecule has 0 fully saturated rings. The summed E-state index contributed by atoms with van der Waals surface area (Å²) in [5, 5.41) is 16.3. The zero-order valence-corrected chi connectivity index (χ0v) is 12.5. The molecule has 5 nitrogen and oxygen atoms in total. The molecule has 110 valence electrons. The Labute approximate surface area is 129 Å². The molecule has 0 spiro atoms. The van der Waals surface area contributed by atoms with E-state index in [0.717, 1.165) is 5.56 Å². The molecule has 7 heteroatoms. The zero-order valence-electron chi connectivity index (χ0n) is 10.9. The van der Waals surface area contributed by atoms with Crippen molar-refractivity contribution in [2.75, 3.05) is 0 Å².